The van der Waals surface area contributed by atoms with Crippen LogP contribution in [0, 0.1) is 5.92 Å². The Hall–Kier alpha value is -1.82. The fraction of sp³-hybridized carbons (Fsp3) is 0.538. The number of nitrogens with one attached hydrogen (secondary N) is 1. The van der Waals surface area contributed by atoms with Gasteiger partial charge in [0.05, 0.1) is 12.8 Å². The van der Waals surface area contributed by atoms with Crippen molar-refractivity contribution in [3.8, 4) is 0 Å². The summed E-state index contributed by atoms with van der Waals surface area (Å²) >= 11 is 0. The summed E-state index contributed by atoms with van der Waals surface area (Å²) in [6.07, 6.45) is 1.17. The molecule has 19 heavy (non-hydrogen) atoms. The van der Waals surface area contributed by atoms with Crippen LogP contribution in [0.15, 0.2) is 12.1 Å². The van der Waals surface area contributed by atoms with Crippen LogP contribution in [0.1, 0.15) is 16.9 Å². The average molecular weight is 264 g/mol. The van der Waals surface area contributed by atoms with Crippen molar-refractivity contribution in [1.82, 2.24) is 9.88 Å². The summed E-state index contributed by atoms with van der Waals surface area (Å²) in [5, 5.41) is 3.22. The number of hydrogen-bond donors (Lipinski definition) is 2. The van der Waals surface area contributed by atoms with Crippen molar-refractivity contribution in [2.24, 2.45) is 5.92 Å². The molecule has 104 valence electrons. The summed E-state index contributed by atoms with van der Waals surface area (Å²) in [6.45, 7) is 3.01. The second-order valence-electron chi connectivity index (χ2n) is 4.92. The van der Waals surface area contributed by atoms with Crippen LogP contribution in [0.4, 0.5) is 11.5 Å². The molecule has 0 saturated carbocycles. The van der Waals surface area contributed by atoms with E-state index in [1.165, 1.54) is 13.5 Å². The minimum atomic E-state index is -0.455. The van der Waals surface area contributed by atoms with E-state index in [4.69, 9.17) is 5.73 Å². The Bertz CT molecular complexity index is 464. The number of likely N-dealkylation sites (tertiary alicyclic amines) is 1. The maximum atomic E-state index is 11.4. The van der Waals surface area contributed by atoms with Gasteiger partial charge in [0.15, 0.2) is 5.69 Å². The molecule has 0 bridgehead atoms. The minimum absolute atomic E-state index is 0.266. The highest BCUT2D eigenvalue weighted by Gasteiger charge is 2.19. The molecule has 1 unspecified atom stereocenters. The van der Waals surface area contributed by atoms with Gasteiger partial charge in [-0.2, -0.15) is 0 Å². The van der Waals surface area contributed by atoms with Gasteiger partial charge in [-0.1, -0.05) is 0 Å². The third-order valence-corrected chi connectivity index (χ3v) is 3.37. The molecule has 1 aromatic heterocycles. The van der Waals surface area contributed by atoms with Crippen molar-refractivity contribution in [3.05, 3.63) is 17.8 Å². The molecule has 6 heteroatoms. The number of nitrogen functional groups attached to an aromatic ring is 1. The fourth-order valence-corrected chi connectivity index (χ4v) is 2.26. The Morgan fingerprint density at radius 3 is 3.05 bits per heavy atom. The summed E-state index contributed by atoms with van der Waals surface area (Å²) in [5.74, 6) is 0.689. The van der Waals surface area contributed by atoms with Crippen LogP contribution in [-0.4, -0.2) is 49.6 Å². The number of ether oxygens (including phenoxy) is 1. The Kier molecular flexibility index (Phi) is 4.21. The van der Waals surface area contributed by atoms with E-state index < -0.39 is 5.97 Å². The van der Waals surface area contributed by atoms with Gasteiger partial charge in [-0.25, -0.2) is 9.78 Å². The summed E-state index contributed by atoms with van der Waals surface area (Å²) in [5.41, 5.74) is 6.66. The summed E-state index contributed by atoms with van der Waals surface area (Å²) in [4.78, 5) is 17.9. The van der Waals surface area contributed by atoms with Crippen molar-refractivity contribution in [1.29, 1.82) is 0 Å². The van der Waals surface area contributed by atoms with Crippen LogP contribution in [0.3, 0.4) is 0 Å². The van der Waals surface area contributed by atoms with Gasteiger partial charge < -0.3 is 20.7 Å². The number of esters is 1. The standard InChI is InChI=1S/C13H20N4O2/c1-17-6-5-9(8-17)7-15-12-10(14)3-4-11(16-12)13(18)19-2/h3-4,9H,5-8,14H2,1-2H3,(H,15,16). The quantitative estimate of drug-likeness (QED) is 0.783. The van der Waals surface area contributed by atoms with Gasteiger partial charge >= 0.3 is 5.97 Å². The van der Waals surface area contributed by atoms with Gasteiger partial charge in [0.25, 0.3) is 0 Å². The molecule has 0 aromatic carbocycles. The molecule has 1 fully saturated rings. The number of nitrogens with zero attached hydrogens (tertiary/aromatic N) is 2. The molecule has 0 spiro atoms. The molecule has 0 amide bonds. The maximum Gasteiger partial charge on any atom is 0.356 e. The molecule has 1 aromatic rings. The highest BCUT2D eigenvalue weighted by atomic mass is 16.5. The first kappa shape index (κ1) is 13.6. The van der Waals surface area contributed by atoms with Crippen LogP contribution in [0.5, 0.6) is 0 Å². The van der Waals surface area contributed by atoms with Crippen molar-refractivity contribution < 1.29 is 9.53 Å². The van der Waals surface area contributed by atoms with E-state index in [9.17, 15) is 4.79 Å². The normalized spacial score (nSPS) is 19.4. The van der Waals surface area contributed by atoms with Crippen molar-refractivity contribution in [2.75, 3.05) is 44.8 Å². The fourth-order valence-electron chi connectivity index (χ4n) is 2.26. The Morgan fingerprint density at radius 1 is 1.63 bits per heavy atom. The van der Waals surface area contributed by atoms with E-state index in [-0.39, 0.29) is 5.69 Å². The van der Waals surface area contributed by atoms with E-state index >= 15 is 0 Å². The van der Waals surface area contributed by atoms with Gasteiger partial charge in [0, 0.05) is 13.1 Å². The Morgan fingerprint density at radius 2 is 2.42 bits per heavy atom. The minimum Gasteiger partial charge on any atom is -0.464 e. The van der Waals surface area contributed by atoms with Crippen LogP contribution in [0.2, 0.25) is 0 Å². The Balaban J connectivity index is 2.00. The summed E-state index contributed by atoms with van der Waals surface area (Å²) in [6, 6.07) is 3.23. The molecular formula is C13H20N4O2. The molecule has 0 aliphatic carbocycles. The number of methoxy groups -OCH3 is 1. The lowest BCUT2D eigenvalue weighted by Gasteiger charge is -2.14. The van der Waals surface area contributed by atoms with Crippen LogP contribution >= 0.6 is 0 Å². The highest BCUT2D eigenvalue weighted by Crippen LogP contribution is 2.19. The molecule has 2 rings (SSSR count). The van der Waals surface area contributed by atoms with Crippen molar-refractivity contribution >= 4 is 17.5 Å². The van der Waals surface area contributed by atoms with E-state index in [0.717, 1.165) is 19.6 Å². The van der Waals surface area contributed by atoms with Gasteiger partial charge in [-0.15, -0.1) is 0 Å². The van der Waals surface area contributed by atoms with E-state index in [0.29, 0.717) is 17.4 Å². The zero-order chi connectivity index (χ0) is 13.8. The number of carbonyl (C=O) groups excluding carboxylic acids is 1. The second-order valence-corrected chi connectivity index (χ2v) is 4.92. The lowest BCUT2D eigenvalue weighted by Crippen LogP contribution is -2.20. The summed E-state index contributed by atoms with van der Waals surface area (Å²) < 4.78 is 4.65. The molecule has 1 saturated heterocycles. The first-order chi connectivity index (χ1) is 9.10. The van der Waals surface area contributed by atoms with E-state index in [2.05, 4.69) is 27.0 Å². The molecule has 1 aliphatic rings. The molecule has 0 radical (unpaired) electrons. The number of pyridine rings is 1. The van der Waals surface area contributed by atoms with Crippen LogP contribution in [-0.2, 0) is 4.74 Å². The van der Waals surface area contributed by atoms with Gasteiger partial charge in [0.2, 0.25) is 0 Å². The number of nitrogens with two attached hydrogens (primary N) is 1. The van der Waals surface area contributed by atoms with Crippen molar-refractivity contribution in [2.45, 2.75) is 6.42 Å². The van der Waals surface area contributed by atoms with Gasteiger partial charge in [-0.05, 0) is 38.1 Å². The highest BCUT2D eigenvalue weighted by molar-refractivity contribution is 5.88. The topological polar surface area (TPSA) is 80.5 Å². The first-order valence-electron chi connectivity index (χ1n) is 6.37. The van der Waals surface area contributed by atoms with Gasteiger partial charge in [0.1, 0.15) is 5.82 Å². The predicted molar refractivity (Wildman–Crippen MR) is 74.1 cm³/mol. The number of hydrogen-bond acceptors (Lipinski definition) is 6. The number of rotatable bonds is 4. The third kappa shape index (κ3) is 3.35. The molecule has 2 heterocycles. The third-order valence-electron chi connectivity index (χ3n) is 3.37. The lowest BCUT2D eigenvalue weighted by atomic mass is 10.1. The summed E-state index contributed by atoms with van der Waals surface area (Å²) in [7, 11) is 3.45. The average Bonchev–Trinajstić information content (AvgIpc) is 2.82. The smallest absolute Gasteiger partial charge is 0.356 e. The molecule has 6 nitrogen and oxygen atoms in total. The largest absolute Gasteiger partial charge is 0.464 e. The zero-order valence-corrected chi connectivity index (χ0v) is 11.3. The molecule has 3 N–H and O–H groups in total. The zero-order valence-electron chi connectivity index (χ0n) is 11.3. The van der Waals surface area contributed by atoms with Crippen LogP contribution in [0.25, 0.3) is 0 Å². The molecular weight excluding hydrogens is 244 g/mol. The molecule has 1 atom stereocenters. The first-order valence-corrected chi connectivity index (χ1v) is 6.37. The van der Waals surface area contributed by atoms with Crippen LogP contribution < -0.4 is 11.1 Å². The van der Waals surface area contributed by atoms with Gasteiger partial charge in [-0.3, -0.25) is 0 Å². The predicted octanol–water partition coefficient (Wildman–Crippen LogP) is 0.814. The number of aromatic nitrogens is 1. The maximum absolute atomic E-state index is 11.4. The second kappa shape index (κ2) is 5.88. The SMILES string of the molecule is COC(=O)c1ccc(N)c(NCC2CCN(C)C2)n1. The number of anilines is 2. The molecule has 1 aliphatic heterocycles. The Labute approximate surface area is 112 Å². The van der Waals surface area contributed by atoms with E-state index in [1.54, 1.807) is 12.1 Å². The van der Waals surface area contributed by atoms with Crippen molar-refractivity contribution in [3.63, 3.8) is 0 Å². The number of carbonyl (C=O) groups is 1. The monoisotopic (exact) mass is 264 g/mol. The lowest BCUT2D eigenvalue weighted by molar-refractivity contribution is 0.0594. The van der Waals surface area contributed by atoms with E-state index in [1.807, 2.05) is 0 Å².